The number of carboxylic acid groups (broad SMARTS) is 1. The third-order valence-electron chi connectivity index (χ3n) is 7.28. The lowest BCUT2D eigenvalue weighted by Crippen LogP contribution is -2.49. The first-order chi connectivity index (χ1) is 18.5. The predicted molar refractivity (Wildman–Crippen MR) is 145 cm³/mol. The molecular formula is C29H28N6O3. The van der Waals surface area contributed by atoms with Gasteiger partial charge in [0, 0.05) is 56.0 Å². The van der Waals surface area contributed by atoms with Crippen LogP contribution < -0.4 is 5.32 Å². The fraction of sp³-hybridized carbons (Fsp3) is 0.241. The third-order valence-corrected chi connectivity index (χ3v) is 7.28. The molecule has 1 aliphatic heterocycles. The summed E-state index contributed by atoms with van der Waals surface area (Å²) in [5, 5.41) is 12.8. The zero-order chi connectivity index (χ0) is 26.2. The van der Waals surface area contributed by atoms with Gasteiger partial charge in [-0.3, -0.25) is 9.78 Å². The standard InChI is InChI=1S/C29H28N6O3/c1-33-24-12-4-10-22(28(36)34-14-6-9-21(18-34)31-29(37)38)26(24)32-27(33)25-15-20-8-2-3-11-23(20)35(25)17-19-7-5-13-30-16-19/h2-5,7-8,10-13,15-16,21,31H,6,9,14,17-18H2,1H3,(H,37,38)/t21-/m1/s1. The molecule has 1 fully saturated rings. The number of piperidine rings is 1. The van der Waals surface area contributed by atoms with Gasteiger partial charge in [0.2, 0.25) is 0 Å². The molecule has 192 valence electrons. The molecule has 2 aromatic carbocycles. The second-order valence-corrected chi connectivity index (χ2v) is 9.74. The second kappa shape index (κ2) is 9.66. The quantitative estimate of drug-likeness (QED) is 0.363. The van der Waals surface area contributed by atoms with Gasteiger partial charge in [-0.05, 0) is 48.7 Å². The molecule has 0 saturated carbocycles. The number of hydrogen-bond acceptors (Lipinski definition) is 4. The Kier molecular flexibility index (Phi) is 6.03. The van der Waals surface area contributed by atoms with Crippen molar-refractivity contribution in [3.63, 3.8) is 0 Å². The van der Waals surface area contributed by atoms with Crippen LogP contribution in [0.1, 0.15) is 28.8 Å². The lowest BCUT2D eigenvalue weighted by Gasteiger charge is -2.32. The van der Waals surface area contributed by atoms with E-state index in [-0.39, 0.29) is 11.9 Å². The number of aromatic nitrogens is 4. The monoisotopic (exact) mass is 508 g/mol. The lowest BCUT2D eigenvalue weighted by molar-refractivity contribution is 0.0694. The molecule has 2 amide bonds. The number of carbonyl (C=O) groups is 2. The van der Waals surface area contributed by atoms with E-state index >= 15 is 0 Å². The molecule has 3 aromatic heterocycles. The van der Waals surface area contributed by atoms with Gasteiger partial charge >= 0.3 is 6.09 Å². The second-order valence-electron chi connectivity index (χ2n) is 9.74. The number of nitrogens with one attached hydrogen (secondary N) is 1. The first-order valence-electron chi connectivity index (χ1n) is 12.7. The van der Waals surface area contributed by atoms with Crippen molar-refractivity contribution in [1.29, 1.82) is 0 Å². The molecule has 4 heterocycles. The third kappa shape index (κ3) is 4.26. The maximum Gasteiger partial charge on any atom is 0.404 e. The van der Waals surface area contributed by atoms with Gasteiger partial charge in [0.15, 0.2) is 5.82 Å². The van der Waals surface area contributed by atoms with Gasteiger partial charge in [0.05, 0.1) is 16.8 Å². The summed E-state index contributed by atoms with van der Waals surface area (Å²) in [5.41, 5.74) is 5.16. The molecule has 9 nitrogen and oxygen atoms in total. The maximum absolute atomic E-state index is 13.6. The molecule has 38 heavy (non-hydrogen) atoms. The fourth-order valence-corrected chi connectivity index (χ4v) is 5.48. The molecule has 9 heteroatoms. The summed E-state index contributed by atoms with van der Waals surface area (Å²) in [4.78, 5) is 35.8. The summed E-state index contributed by atoms with van der Waals surface area (Å²) in [6.45, 7) is 1.57. The smallest absolute Gasteiger partial charge is 0.404 e. The van der Waals surface area contributed by atoms with Crippen LogP contribution in [-0.4, -0.2) is 60.2 Å². The molecule has 1 saturated heterocycles. The number of aryl methyl sites for hydroxylation is 1. The number of nitrogens with zero attached hydrogens (tertiary/aromatic N) is 5. The van der Waals surface area contributed by atoms with E-state index < -0.39 is 6.09 Å². The number of amides is 2. The van der Waals surface area contributed by atoms with Gasteiger partial charge in [-0.15, -0.1) is 0 Å². The van der Waals surface area contributed by atoms with E-state index in [1.54, 1.807) is 17.2 Å². The summed E-state index contributed by atoms with van der Waals surface area (Å²) in [6, 6.07) is 19.8. The Hall–Kier alpha value is -4.66. The van der Waals surface area contributed by atoms with Crippen molar-refractivity contribution in [2.45, 2.75) is 25.4 Å². The molecule has 1 atom stereocenters. The number of rotatable bonds is 5. The van der Waals surface area contributed by atoms with Crippen LogP contribution in [0, 0.1) is 0 Å². The molecule has 0 bridgehead atoms. The zero-order valence-corrected chi connectivity index (χ0v) is 21.0. The zero-order valence-electron chi connectivity index (χ0n) is 21.0. The number of likely N-dealkylation sites (tertiary alicyclic amines) is 1. The molecule has 2 N–H and O–H groups in total. The summed E-state index contributed by atoms with van der Waals surface area (Å²) >= 11 is 0. The highest BCUT2D eigenvalue weighted by Gasteiger charge is 2.28. The first kappa shape index (κ1) is 23.7. The number of benzene rings is 2. The molecule has 0 spiro atoms. The largest absolute Gasteiger partial charge is 0.465 e. The van der Waals surface area contributed by atoms with Crippen LogP contribution in [0.4, 0.5) is 4.79 Å². The number of pyridine rings is 1. The SMILES string of the molecule is Cn1c(-c2cc3ccccc3n2Cc2cccnc2)nc2c(C(=O)N3CCC[C@@H](NC(=O)O)C3)cccc21. The average molecular weight is 509 g/mol. The molecule has 0 radical (unpaired) electrons. The summed E-state index contributed by atoms with van der Waals surface area (Å²) < 4.78 is 4.27. The highest BCUT2D eigenvalue weighted by Crippen LogP contribution is 2.32. The van der Waals surface area contributed by atoms with E-state index in [9.17, 15) is 9.59 Å². The predicted octanol–water partition coefficient (Wildman–Crippen LogP) is 4.51. The Morgan fingerprint density at radius 3 is 2.74 bits per heavy atom. The van der Waals surface area contributed by atoms with Gasteiger partial charge in [0.25, 0.3) is 5.91 Å². The summed E-state index contributed by atoms with van der Waals surface area (Å²) in [6.07, 6.45) is 4.03. The van der Waals surface area contributed by atoms with Gasteiger partial charge in [-0.25, -0.2) is 9.78 Å². The first-order valence-corrected chi connectivity index (χ1v) is 12.7. The number of hydrogen-bond donors (Lipinski definition) is 2. The van der Waals surface area contributed by atoms with Crippen molar-refractivity contribution in [1.82, 2.24) is 29.3 Å². The minimum Gasteiger partial charge on any atom is -0.465 e. The van der Waals surface area contributed by atoms with Crippen LogP contribution in [0.2, 0.25) is 0 Å². The van der Waals surface area contributed by atoms with Crippen molar-refractivity contribution in [3.8, 4) is 11.5 Å². The Balaban J connectivity index is 1.43. The summed E-state index contributed by atoms with van der Waals surface area (Å²) in [7, 11) is 1.97. The van der Waals surface area contributed by atoms with Gasteiger partial charge in [-0.1, -0.05) is 30.3 Å². The van der Waals surface area contributed by atoms with E-state index in [0.717, 1.165) is 46.3 Å². The molecule has 0 unspecified atom stereocenters. The van der Waals surface area contributed by atoms with Crippen LogP contribution in [-0.2, 0) is 13.6 Å². The Morgan fingerprint density at radius 2 is 1.92 bits per heavy atom. The number of fused-ring (bicyclic) bond motifs is 2. The van der Waals surface area contributed by atoms with Crippen molar-refractivity contribution in [3.05, 3.63) is 84.2 Å². The van der Waals surface area contributed by atoms with E-state index in [2.05, 4.69) is 39.1 Å². The van der Waals surface area contributed by atoms with Crippen molar-refractivity contribution >= 4 is 33.9 Å². The van der Waals surface area contributed by atoms with Crippen molar-refractivity contribution in [2.24, 2.45) is 7.05 Å². The Morgan fingerprint density at radius 1 is 1.08 bits per heavy atom. The van der Waals surface area contributed by atoms with Crippen molar-refractivity contribution < 1.29 is 14.7 Å². The highest BCUT2D eigenvalue weighted by molar-refractivity contribution is 6.06. The van der Waals surface area contributed by atoms with Crippen LogP contribution >= 0.6 is 0 Å². The normalized spacial score (nSPS) is 15.7. The summed E-state index contributed by atoms with van der Waals surface area (Å²) in [5.74, 6) is 0.637. The van der Waals surface area contributed by atoms with Crippen LogP contribution in [0.15, 0.2) is 73.1 Å². The minimum absolute atomic E-state index is 0.131. The number of carbonyl (C=O) groups excluding carboxylic acids is 1. The van der Waals surface area contributed by atoms with Crippen LogP contribution in [0.5, 0.6) is 0 Å². The fourth-order valence-electron chi connectivity index (χ4n) is 5.48. The number of imidazole rings is 1. The Labute approximate surface area is 219 Å². The van der Waals surface area contributed by atoms with Gasteiger partial charge < -0.3 is 24.5 Å². The minimum atomic E-state index is -1.07. The highest BCUT2D eigenvalue weighted by atomic mass is 16.4. The molecule has 5 aromatic rings. The van der Waals surface area contributed by atoms with E-state index in [4.69, 9.17) is 10.1 Å². The van der Waals surface area contributed by atoms with E-state index in [1.807, 2.05) is 48.1 Å². The topological polar surface area (TPSA) is 105 Å². The maximum atomic E-state index is 13.6. The van der Waals surface area contributed by atoms with E-state index in [0.29, 0.717) is 30.7 Å². The van der Waals surface area contributed by atoms with E-state index in [1.165, 1.54) is 0 Å². The lowest BCUT2D eigenvalue weighted by atomic mass is 10.0. The molecule has 1 aliphatic rings. The van der Waals surface area contributed by atoms with Gasteiger partial charge in [0.1, 0.15) is 5.52 Å². The molecule has 0 aliphatic carbocycles. The van der Waals surface area contributed by atoms with Crippen LogP contribution in [0.25, 0.3) is 33.5 Å². The Bertz CT molecular complexity index is 1660. The van der Waals surface area contributed by atoms with Crippen LogP contribution in [0.3, 0.4) is 0 Å². The average Bonchev–Trinajstić information content (AvgIpc) is 3.46. The van der Waals surface area contributed by atoms with Gasteiger partial charge in [-0.2, -0.15) is 0 Å². The number of para-hydroxylation sites is 2. The molecular weight excluding hydrogens is 480 g/mol. The van der Waals surface area contributed by atoms with Crippen molar-refractivity contribution in [2.75, 3.05) is 13.1 Å². The molecule has 6 rings (SSSR count).